The number of aliphatic hydroxyl groups is 1. The van der Waals surface area contributed by atoms with E-state index in [2.05, 4.69) is 10.0 Å². The number of rotatable bonds is 8. The lowest BCUT2D eigenvalue weighted by Crippen LogP contribution is -2.25. The highest BCUT2D eigenvalue weighted by molar-refractivity contribution is 7.89. The topological polar surface area (TPSA) is 95.5 Å². The molecule has 1 saturated carbocycles. The molecule has 21 heavy (non-hydrogen) atoms. The third-order valence-corrected chi connectivity index (χ3v) is 4.70. The second kappa shape index (κ2) is 7.02. The van der Waals surface area contributed by atoms with Gasteiger partial charge in [0.05, 0.1) is 4.90 Å². The summed E-state index contributed by atoms with van der Waals surface area (Å²) in [7, 11) is -3.45. The highest BCUT2D eigenvalue weighted by Gasteiger charge is 2.27. The molecule has 0 aromatic heterocycles. The molecule has 0 bridgehead atoms. The fraction of sp³-hybridized carbons (Fsp3) is 0.500. The van der Waals surface area contributed by atoms with E-state index in [4.69, 9.17) is 5.11 Å². The predicted molar refractivity (Wildman–Crippen MR) is 79.4 cm³/mol. The molecule has 1 aliphatic carbocycles. The summed E-state index contributed by atoms with van der Waals surface area (Å²) >= 11 is 0. The van der Waals surface area contributed by atoms with Crippen molar-refractivity contribution in [1.82, 2.24) is 4.72 Å². The van der Waals surface area contributed by atoms with Crippen LogP contribution >= 0.6 is 0 Å². The Kier molecular flexibility index (Phi) is 5.33. The van der Waals surface area contributed by atoms with E-state index in [0.717, 1.165) is 12.8 Å². The molecular weight excluding hydrogens is 292 g/mol. The Bertz CT molecular complexity index is 579. The van der Waals surface area contributed by atoms with Crippen LogP contribution in [-0.2, 0) is 14.8 Å². The standard InChI is InChI=1S/C14H20N2O4S/c17-10-2-1-3-14(18)15-11-6-8-13(9-7-11)21(19,20)16-12-4-5-12/h6-9,12,16-17H,1-5,10H2,(H,15,18). The zero-order valence-corrected chi connectivity index (χ0v) is 12.5. The first-order valence-corrected chi connectivity index (χ1v) is 8.53. The number of benzene rings is 1. The molecule has 0 spiro atoms. The number of carbonyl (C=O) groups excluding carboxylic acids is 1. The Labute approximate surface area is 124 Å². The number of unbranched alkanes of at least 4 members (excludes halogenated alkanes) is 1. The highest BCUT2D eigenvalue weighted by atomic mass is 32.2. The zero-order chi connectivity index (χ0) is 15.3. The number of sulfonamides is 1. The van der Waals surface area contributed by atoms with Crippen molar-refractivity contribution in [3.05, 3.63) is 24.3 Å². The van der Waals surface area contributed by atoms with Crippen molar-refractivity contribution in [3.8, 4) is 0 Å². The molecule has 6 nitrogen and oxygen atoms in total. The average molecular weight is 312 g/mol. The van der Waals surface area contributed by atoms with E-state index in [1.165, 1.54) is 12.1 Å². The van der Waals surface area contributed by atoms with Gasteiger partial charge >= 0.3 is 0 Å². The van der Waals surface area contributed by atoms with Crippen molar-refractivity contribution in [3.63, 3.8) is 0 Å². The molecule has 1 aromatic carbocycles. The fourth-order valence-corrected chi connectivity index (χ4v) is 3.13. The van der Waals surface area contributed by atoms with Gasteiger partial charge in [0.1, 0.15) is 0 Å². The number of anilines is 1. The zero-order valence-electron chi connectivity index (χ0n) is 11.7. The molecule has 3 N–H and O–H groups in total. The summed E-state index contributed by atoms with van der Waals surface area (Å²) in [4.78, 5) is 11.8. The van der Waals surface area contributed by atoms with Gasteiger partial charge in [-0.05, 0) is 49.9 Å². The Hall–Kier alpha value is -1.44. The lowest BCUT2D eigenvalue weighted by Gasteiger charge is -2.08. The van der Waals surface area contributed by atoms with Crippen LogP contribution in [0.5, 0.6) is 0 Å². The molecule has 7 heteroatoms. The Morgan fingerprint density at radius 2 is 1.86 bits per heavy atom. The molecule has 2 rings (SSSR count). The van der Waals surface area contributed by atoms with Gasteiger partial charge in [0.2, 0.25) is 15.9 Å². The minimum Gasteiger partial charge on any atom is -0.396 e. The van der Waals surface area contributed by atoms with Crippen molar-refractivity contribution in [2.24, 2.45) is 0 Å². The van der Waals surface area contributed by atoms with Crippen molar-refractivity contribution < 1.29 is 18.3 Å². The van der Waals surface area contributed by atoms with Gasteiger partial charge < -0.3 is 10.4 Å². The molecule has 0 aliphatic heterocycles. The lowest BCUT2D eigenvalue weighted by atomic mass is 10.2. The number of nitrogens with one attached hydrogen (secondary N) is 2. The second-order valence-electron chi connectivity index (χ2n) is 5.15. The Morgan fingerprint density at radius 3 is 2.43 bits per heavy atom. The van der Waals surface area contributed by atoms with Crippen LogP contribution in [0, 0.1) is 0 Å². The van der Waals surface area contributed by atoms with Crippen LogP contribution in [0.4, 0.5) is 5.69 Å². The summed E-state index contributed by atoms with van der Waals surface area (Å²) in [6.45, 7) is 0.0772. The number of hydrogen-bond acceptors (Lipinski definition) is 4. The van der Waals surface area contributed by atoms with E-state index < -0.39 is 10.0 Å². The molecule has 0 saturated heterocycles. The first-order valence-electron chi connectivity index (χ1n) is 7.04. The van der Waals surface area contributed by atoms with E-state index in [1.807, 2.05) is 0 Å². The van der Waals surface area contributed by atoms with Crippen LogP contribution in [0.15, 0.2) is 29.2 Å². The quantitative estimate of drug-likeness (QED) is 0.629. The maximum Gasteiger partial charge on any atom is 0.240 e. The smallest absolute Gasteiger partial charge is 0.240 e. The van der Waals surface area contributed by atoms with Gasteiger partial charge in [-0.2, -0.15) is 0 Å². The summed E-state index contributed by atoms with van der Waals surface area (Å²) in [5.74, 6) is -0.143. The third kappa shape index (κ3) is 5.11. The lowest BCUT2D eigenvalue weighted by molar-refractivity contribution is -0.116. The summed E-state index contributed by atoms with van der Waals surface area (Å²) < 4.78 is 26.5. The molecule has 0 heterocycles. The summed E-state index contributed by atoms with van der Waals surface area (Å²) in [5.41, 5.74) is 0.564. The van der Waals surface area contributed by atoms with Gasteiger partial charge in [0.25, 0.3) is 0 Å². The minimum absolute atomic E-state index is 0.0703. The van der Waals surface area contributed by atoms with E-state index in [1.54, 1.807) is 12.1 Å². The molecule has 1 aromatic rings. The maximum atomic E-state index is 12.0. The van der Waals surface area contributed by atoms with E-state index >= 15 is 0 Å². The molecular formula is C14H20N2O4S. The molecule has 0 atom stereocenters. The molecule has 0 unspecified atom stereocenters. The highest BCUT2D eigenvalue weighted by Crippen LogP contribution is 2.22. The van der Waals surface area contributed by atoms with Crippen LogP contribution in [0.1, 0.15) is 32.1 Å². The van der Waals surface area contributed by atoms with Gasteiger partial charge in [0, 0.05) is 24.8 Å². The number of hydrogen-bond donors (Lipinski definition) is 3. The van der Waals surface area contributed by atoms with E-state index in [-0.39, 0.29) is 23.5 Å². The van der Waals surface area contributed by atoms with Gasteiger partial charge in [0.15, 0.2) is 0 Å². The normalized spacial score (nSPS) is 14.9. The molecule has 116 valence electrons. The first kappa shape index (κ1) is 15.9. The minimum atomic E-state index is -3.45. The Morgan fingerprint density at radius 1 is 1.19 bits per heavy atom. The van der Waals surface area contributed by atoms with Gasteiger partial charge in [-0.25, -0.2) is 13.1 Å². The Balaban J connectivity index is 1.90. The van der Waals surface area contributed by atoms with E-state index in [9.17, 15) is 13.2 Å². The van der Waals surface area contributed by atoms with Crippen molar-refractivity contribution in [1.29, 1.82) is 0 Å². The fourth-order valence-electron chi connectivity index (χ4n) is 1.83. The van der Waals surface area contributed by atoms with Gasteiger partial charge in [-0.3, -0.25) is 4.79 Å². The van der Waals surface area contributed by atoms with Crippen LogP contribution in [0.25, 0.3) is 0 Å². The molecule has 1 aliphatic rings. The molecule has 1 fully saturated rings. The monoisotopic (exact) mass is 312 g/mol. The van der Waals surface area contributed by atoms with Crippen LogP contribution in [0.2, 0.25) is 0 Å². The molecule has 0 radical (unpaired) electrons. The predicted octanol–water partition coefficient (Wildman–Crippen LogP) is 1.23. The maximum absolute atomic E-state index is 12.0. The van der Waals surface area contributed by atoms with Crippen molar-refractivity contribution in [2.45, 2.75) is 43.0 Å². The van der Waals surface area contributed by atoms with Crippen molar-refractivity contribution >= 4 is 21.6 Å². The van der Waals surface area contributed by atoms with Crippen LogP contribution in [0.3, 0.4) is 0 Å². The largest absolute Gasteiger partial charge is 0.396 e. The van der Waals surface area contributed by atoms with Crippen LogP contribution < -0.4 is 10.0 Å². The van der Waals surface area contributed by atoms with Gasteiger partial charge in [-0.15, -0.1) is 0 Å². The SMILES string of the molecule is O=C(CCCCO)Nc1ccc(S(=O)(=O)NC2CC2)cc1. The van der Waals surface area contributed by atoms with E-state index in [0.29, 0.717) is 24.9 Å². The molecule has 1 amide bonds. The van der Waals surface area contributed by atoms with Gasteiger partial charge in [-0.1, -0.05) is 0 Å². The summed E-state index contributed by atoms with van der Waals surface area (Å²) in [6.07, 6.45) is 3.34. The third-order valence-electron chi connectivity index (χ3n) is 3.16. The second-order valence-corrected chi connectivity index (χ2v) is 6.86. The first-order chi connectivity index (χ1) is 10.0. The summed E-state index contributed by atoms with van der Waals surface area (Å²) in [6, 6.07) is 6.18. The number of carbonyl (C=O) groups is 1. The number of aliphatic hydroxyl groups excluding tert-OH is 1. The van der Waals surface area contributed by atoms with Crippen molar-refractivity contribution in [2.75, 3.05) is 11.9 Å². The average Bonchev–Trinajstić information content (AvgIpc) is 3.23. The number of amides is 1. The summed E-state index contributed by atoms with van der Waals surface area (Å²) in [5, 5.41) is 11.3. The van der Waals surface area contributed by atoms with Crippen LogP contribution in [-0.4, -0.2) is 32.1 Å².